The molecule has 0 amide bonds. The van der Waals surface area contributed by atoms with Gasteiger partial charge in [-0.2, -0.15) is 41.2 Å². The number of hydrogen-bond donors (Lipinski definition) is 3. The Morgan fingerprint density at radius 1 is 0.432 bits per heavy atom. The molecule has 0 saturated heterocycles. The number of thiazole rings is 1. The van der Waals surface area contributed by atoms with Crippen molar-refractivity contribution in [3.05, 3.63) is 269 Å². The molecule has 15 aromatic rings. The van der Waals surface area contributed by atoms with Gasteiger partial charge >= 0.3 is 5.69 Å². The maximum atomic E-state index is 10.4. The first-order chi connectivity index (χ1) is 64.8. The Balaban J connectivity index is 0.000000745. The molecule has 0 aliphatic rings. The van der Waals surface area contributed by atoms with Crippen LogP contribution in [0.2, 0.25) is 0 Å². The molecule has 0 fully saturated rings. The van der Waals surface area contributed by atoms with Crippen LogP contribution in [0, 0.1) is 90.0 Å². The van der Waals surface area contributed by atoms with Crippen molar-refractivity contribution in [3.63, 3.8) is 0 Å². The van der Waals surface area contributed by atoms with Crippen molar-refractivity contribution in [2.24, 2.45) is 35.2 Å². The van der Waals surface area contributed by atoms with E-state index in [4.69, 9.17) is 18.0 Å². The predicted molar refractivity (Wildman–Crippen MR) is 586 cm³/mol. The molecule has 0 unspecified atom stereocenters. The van der Waals surface area contributed by atoms with Gasteiger partial charge in [-0.15, -0.1) is 16.4 Å². The van der Waals surface area contributed by atoms with Crippen LogP contribution in [0.15, 0.2) is 125 Å². The third-order valence-corrected chi connectivity index (χ3v) is 25.9. The van der Waals surface area contributed by atoms with Crippen molar-refractivity contribution in [1.82, 2.24) is 103 Å². The van der Waals surface area contributed by atoms with E-state index < -0.39 is 0 Å². The van der Waals surface area contributed by atoms with Crippen LogP contribution in [-0.2, 0) is 35.2 Å². The molecule has 15 aromatic heterocycles. The summed E-state index contributed by atoms with van der Waals surface area (Å²) < 4.78 is 37.2. The van der Waals surface area contributed by atoms with Crippen molar-refractivity contribution in [2.75, 3.05) is 0 Å². The number of aromatic nitrogens is 21. The lowest BCUT2D eigenvalue weighted by Gasteiger charge is -2.05. The fourth-order valence-electron chi connectivity index (χ4n) is 14.6. The molecule has 3 N–H and O–H groups in total. The zero-order chi connectivity index (χ0) is 106. The molecule has 15 heterocycles. The zero-order valence-electron chi connectivity index (χ0n) is 94.2. The predicted octanol–water partition coefficient (Wildman–Crippen LogP) is 30.9. The number of H-pyrrole nitrogens is 3. The lowest BCUT2D eigenvalue weighted by Crippen LogP contribution is -2.01. The van der Waals surface area contributed by atoms with Crippen LogP contribution in [0.4, 0.5) is 0 Å². The van der Waals surface area contributed by atoms with Gasteiger partial charge in [0, 0.05) is 121 Å². The third kappa shape index (κ3) is 46.3. The highest BCUT2D eigenvalue weighted by atomic mass is 32.1. The zero-order valence-corrected chi connectivity index (χ0v) is 97.5. The molecule has 0 bridgehead atoms. The summed E-state index contributed by atoms with van der Waals surface area (Å²) in [4.78, 5) is 23.1. The average Bonchev–Trinajstić information content (AvgIpc) is 1.69. The number of aromatic amines is 3. The first kappa shape index (κ1) is 127. The molecule has 0 spiro atoms. The van der Waals surface area contributed by atoms with Gasteiger partial charge in [0.1, 0.15) is 23.6 Å². The number of furan rings is 1. The fourth-order valence-corrected chi connectivity index (χ4v) is 18.1. The summed E-state index contributed by atoms with van der Waals surface area (Å²) in [6, 6.07) is 6.14. The number of thiophene rings is 1. The van der Waals surface area contributed by atoms with Gasteiger partial charge in [-0.3, -0.25) is 28.4 Å². The van der Waals surface area contributed by atoms with Crippen molar-refractivity contribution in [3.8, 4) is 0 Å². The van der Waals surface area contributed by atoms with Gasteiger partial charge in [0.05, 0.1) is 76.0 Å². The molecule has 0 aromatic carbocycles. The second-order valence-corrected chi connectivity index (χ2v) is 43.1. The van der Waals surface area contributed by atoms with Gasteiger partial charge in [-0.1, -0.05) is 228 Å². The Hall–Kier alpha value is -10.3. The van der Waals surface area contributed by atoms with E-state index in [-0.39, 0.29) is 11.6 Å². The molecule has 0 radical (unpaired) electrons. The van der Waals surface area contributed by atoms with Crippen molar-refractivity contribution in [1.29, 1.82) is 0 Å². The molecule has 0 aliphatic carbocycles. The van der Waals surface area contributed by atoms with Gasteiger partial charge in [0.15, 0.2) is 0 Å². The highest BCUT2D eigenvalue weighted by Gasteiger charge is 2.16. The van der Waals surface area contributed by atoms with E-state index in [1.165, 1.54) is 121 Å². The Morgan fingerprint density at radius 2 is 1.02 bits per heavy atom. The summed E-state index contributed by atoms with van der Waals surface area (Å²) >= 11 is 6.73. The number of nitrogens with one attached hydrogen (secondary N) is 3. The SMILES string of the molecule is CC(C)c1cc[nH]c1.CC(C)c1ccnn1C.CC(C)c1ccoc1.CC(C)c1cnnn1C.CC(C)c1n[nH]c(=O)[nH]1.Cc1cnn(C)c1C(C)C.Cc1cscc1C(C)C.Cc1nc(C)c(C(C)C)s1.Cc1nn(C)c(C)c1C(C)C.Cc1nn(C)cc1C(C)C.Cc1noc(C)c1C(C)C.Cc1nocc1C(C)C.Cc1nscc1C(C)C.Cc1oncc1C(C)C.Cc1sncc1C(C)C. The number of aryl methyl sites for hydroxylation is 17. The Bertz CT molecular complexity index is 5120. The van der Waals surface area contributed by atoms with Gasteiger partial charge in [-0.25, -0.2) is 19.3 Å². The summed E-state index contributed by atoms with van der Waals surface area (Å²) in [6.45, 7) is 91.4. The van der Waals surface area contributed by atoms with Gasteiger partial charge in [-0.05, 0) is 275 Å². The minimum absolute atomic E-state index is 0.237. The lowest BCUT2D eigenvalue weighted by molar-refractivity contribution is 0.392. The maximum absolute atomic E-state index is 10.4. The number of nitrogens with zero attached hydrogens (tertiary/aromatic N) is 18. The Labute approximate surface area is 852 Å². The smallest absolute Gasteiger partial charge is 0.340 e. The first-order valence-corrected chi connectivity index (χ1v) is 52.3. The maximum Gasteiger partial charge on any atom is 0.340 e. The van der Waals surface area contributed by atoms with E-state index in [1.807, 2.05) is 150 Å². The van der Waals surface area contributed by atoms with E-state index in [2.05, 4.69) is 365 Å². The molecule has 774 valence electrons. The molecular formula is C109H179N21O5S4. The summed E-state index contributed by atoms with van der Waals surface area (Å²) in [5.41, 5.74) is 27.6. The van der Waals surface area contributed by atoms with E-state index >= 15 is 0 Å². The van der Waals surface area contributed by atoms with Gasteiger partial charge < -0.3 is 23.0 Å². The van der Waals surface area contributed by atoms with Crippen molar-refractivity contribution in [2.45, 2.75) is 386 Å². The van der Waals surface area contributed by atoms with Crippen LogP contribution >= 0.6 is 45.7 Å². The number of hydrogen-bond acceptors (Lipinski definition) is 22. The van der Waals surface area contributed by atoms with Crippen molar-refractivity contribution >= 4 is 45.7 Å². The molecule has 139 heavy (non-hydrogen) atoms. The fraction of sp³-hybridized carbons (Fsp3) is 0.578. The molecule has 26 nitrogen and oxygen atoms in total. The molecule has 0 saturated carbocycles. The van der Waals surface area contributed by atoms with Crippen LogP contribution in [-0.4, -0.2) is 103 Å². The second kappa shape index (κ2) is 64.9. The summed E-state index contributed by atoms with van der Waals surface area (Å²) in [7, 11) is 9.81. The van der Waals surface area contributed by atoms with Crippen molar-refractivity contribution < 1.29 is 18.0 Å². The standard InChI is InChI=1S/C9H16N2.2C8H14N2.C8H13NO.C8H13NS.C8H12S.C7H12N2.2C7H11NO.2C7H11NS.C7H11N.C7H10O.C6H11N3.C5H9N3O/c1-6(2)9-7(3)10-11(5)8(9)4;1-6(2)8-5-10(4)9-7(8)3;1-6(2)8-7(3)5-9-10(8)4;1-5(2)8-6(3)9-10-7(8)4;1-5(2)8-6(3)9-7(4)10-8;1-6(2)8-5-9-4-7(8)3;1-6(2)7-4-5-8-9(7)3;1-5(2)7-4-9-8-6(7)3;1-5(2)7-4-8-9-6(7)3;1-5(2)7-4-9-8-6(7)3;1-5(2)7-4-8-9-6(7)3;2*1-6(2)7-3-4-8-5-7;1-5(2)6-4-7-8-9(6)3;1-3(2)4-6-5(9)8-7-4/h6H,1-5H3;2*5-6H,1-4H3;2*5H,1-4H3;2*4-6H,1-3H3;4*4-5H,1-3H3;3-6,8H,1-2H3;3-6H,1-2H3;4-5H,1-3H3;3H,1-2H3,(H2,6,7,8,9). The van der Waals surface area contributed by atoms with E-state index in [9.17, 15) is 4.79 Å². The average molecular weight is 1990 g/mol. The Morgan fingerprint density at radius 3 is 1.24 bits per heavy atom. The molecule has 0 atom stereocenters. The van der Waals surface area contributed by atoms with Crippen LogP contribution in [0.25, 0.3) is 0 Å². The van der Waals surface area contributed by atoms with Crippen LogP contribution in [0.3, 0.4) is 0 Å². The van der Waals surface area contributed by atoms with Crippen LogP contribution in [0.5, 0.6) is 0 Å². The van der Waals surface area contributed by atoms with E-state index in [1.54, 1.807) is 70.3 Å². The molecule has 15 rings (SSSR count). The summed E-state index contributed by atoms with van der Waals surface area (Å²) in [6.07, 6.45) is 20.5. The summed E-state index contributed by atoms with van der Waals surface area (Å²) in [5.74, 6) is 11.1. The summed E-state index contributed by atoms with van der Waals surface area (Å²) in [5, 5.41) is 49.4. The molecule has 30 heteroatoms. The second-order valence-electron chi connectivity index (χ2n) is 39.5. The highest BCUT2D eigenvalue weighted by Crippen LogP contribution is 2.29. The monoisotopic (exact) mass is 1990 g/mol. The highest BCUT2D eigenvalue weighted by molar-refractivity contribution is 7.11. The van der Waals surface area contributed by atoms with Gasteiger partial charge in [0.2, 0.25) is 0 Å². The quantitative estimate of drug-likeness (QED) is 0.0858. The minimum Gasteiger partial charge on any atom is -0.472 e. The first-order valence-electron chi connectivity index (χ1n) is 49.0. The molecule has 0 aliphatic heterocycles. The molecular weight excluding hydrogens is 1810 g/mol. The third-order valence-electron chi connectivity index (χ3n) is 22.2. The van der Waals surface area contributed by atoms with E-state index in [0.717, 1.165) is 28.6 Å². The normalized spacial score (nSPS) is 10.7. The lowest BCUT2D eigenvalue weighted by atomic mass is 10.0. The minimum atomic E-state index is -0.237. The van der Waals surface area contributed by atoms with Crippen LogP contribution < -0.4 is 5.69 Å². The number of rotatable bonds is 15. The topological polar surface area (TPSA) is 309 Å². The largest absolute Gasteiger partial charge is 0.472 e. The van der Waals surface area contributed by atoms with Crippen LogP contribution in [0.1, 0.15) is 452 Å². The van der Waals surface area contributed by atoms with Gasteiger partial charge in [0.25, 0.3) is 0 Å². The van der Waals surface area contributed by atoms with E-state index in [0.29, 0.717) is 88.7 Å². The Kier molecular flexibility index (Phi) is 59.2.